The number of amidine groups is 1. The molecule has 1 unspecified atom stereocenters. The van der Waals surface area contributed by atoms with Crippen LogP contribution in [0.4, 0.5) is 5.69 Å². The number of hydrogen-bond acceptors (Lipinski definition) is 4. The highest BCUT2D eigenvalue weighted by atomic mass is 32.2. The molecule has 16 heavy (non-hydrogen) atoms. The maximum absolute atomic E-state index is 4.51. The van der Waals surface area contributed by atoms with Crippen molar-refractivity contribution in [2.24, 2.45) is 10.9 Å². The molecule has 0 saturated heterocycles. The summed E-state index contributed by atoms with van der Waals surface area (Å²) in [7, 11) is 0. The monoisotopic (exact) mass is 235 g/mol. The smallest absolute Gasteiger partial charge is 0.161 e. The second-order valence-electron chi connectivity index (χ2n) is 4.27. The Hall–Kier alpha value is -1.03. The molecular formula is C12H17N3S. The third kappa shape index (κ3) is 2.76. The highest BCUT2D eigenvalue weighted by Crippen LogP contribution is 2.20. The number of hydrogen-bond donors (Lipinski definition) is 1. The van der Waals surface area contributed by atoms with Gasteiger partial charge >= 0.3 is 0 Å². The Kier molecular flexibility index (Phi) is 3.49. The van der Waals surface area contributed by atoms with Crippen molar-refractivity contribution >= 4 is 22.6 Å². The van der Waals surface area contributed by atoms with Crippen LogP contribution in [0.25, 0.3) is 0 Å². The van der Waals surface area contributed by atoms with Gasteiger partial charge in [0.15, 0.2) is 5.17 Å². The van der Waals surface area contributed by atoms with Gasteiger partial charge < -0.3 is 5.32 Å². The van der Waals surface area contributed by atoms with Gasteiger partial charge in [0.1, 0.15) is 0 Å². The Balaban J connectivity index is 2.09. The van der Waals surface area contributed by atoms with E-state index in [9.17, 15) is 0 Å². The lowest BCUT2D eigenvalue weighted by atomic mass is 10.2. The predicted molar refractivity (Wildman–Crippen MR) is 71.3 cm³/mol. The Bertz CT molecular complexity index is 415. The van der Waals surface area contributed by atoms with E-state index in [4.69, 9.17) is 0 Å². The number of nitrogens with one attached hydrogen (secondary N) is 1. The zero-order valence-corrected chi connectivity index (χ0v) is 10.8. The van der Waals surface area contributed by atoms with Crippen molar-refractivity contribution in [1.82, 2.24) is 4.98 Å². The lowest BCUT2D eigenvalue weighted by Crippen LogP contribution is -2.19. The summed E-state index contributed by atoms with van der Waals surface area (Å²) in [6, 6.07) is 4.09. The van der Waals surface area contributed by atoms with Crippen LogP contribution in [0.2, 0.25) is 0 Å². The first-order valence-corrected chi connectivity index (χ1v) is 6.52. The molecule has 2 heterocycles. The molecule has 1 aliphatic rings. The van der Waals surface area contributed by atoms with Gasteiger partial charge in [-0.05, 0) is 31.9 Å². The van der Waals surface area contributed by atoms with E-state index in [0.717, 1.165) is 34.5 Å². The van der Waals surface area contributed by atoms with Crippen molar-refractivity contribution in [2.75, 3.05) is 17.6 Å². The van der Waals surface area contributed by atoms with E-state index in [-0.39, 0.29) is 0 Å². The Morgan fingerprint density at radius 3 is 2.81 bits per heavy atom. The van der Waals surface area contributed by atoms with Crippen LogP contribution in [0.15, 0.2) is 17.1 Å². The highest BCUT2D eigenvalue weighted by Gasteiger charge is 2.12. The number of aryl methyl sites for hydroxylation is 2. The van der Waals surface area contributed by atoms with Crippen LogP contribution in [0.1, 0.15) is 18.3 Å². The number of anilines is 1. The minimum absolute atomic E-state index is 0.688. The lowest BCUT2D eigenvalue weighted by molar-refractivity contribution is 0.674. The fourth-order valence-electron chi connectivity index (χ4n) is 1.57. The third-order valence-electron chi connectivity index (χ3n) is 2.52. The average Bonchev–Trinajstić information content (AvgIpc) is 2.25. The van der Waals surface area contributed by atoms with Crippen molar-refractivity contribution in [3.8, 4) is 0 Å². The second-order valence-corrected chi connectivity index (χ2v) is 5.28. The van der Waals surface area contributed by atoms with Gasteiger partial charge in [0.05, 0.1) is 11.4 Å². The lowest BCUT2D eigenvalue weighted by Gasteiger charge is -2.18. The van der Waals surface area contributed by atoms with Crippen LogP contribution < -0.4 is 5.32 Å². The maximum atomic E-state index is 4.51. The number of thioether (sulfide) groups is 1. The summed E-state index contributed by atoms with van der Waals surface area (Å²) >= 11 is 1.79. The maximum Gasteiger partial charge on any atom is 0.161 e. The molecule has 1 atom stereocenters. The molecule has 0 bridgehead atoms. The van der Waals surface area contributed by atoms with Crippen molar-refractivity contribution in [3.05, 3.63) is 23.5 Å². The quantitative estimate of drug-likeness (QED) is 0.813. The van der Waals surface area contributed by atoms with Crippen LogP contribution in [0.3, 0.4) is 0 Å². The number of aromatic nitrogens is 1. The number of nitrogens with zero attached hydrogens (tertiary/aromatic N) is 2. The van der Waals surface area contributed by atoms with Gasteiger partial charge in [-0.1, -0.05) is 18.7 Å². The minimum atomic E-state index is 0.688. The topological polar surface area (TPSA) is 37.3 Å². The van der Waals surface area contributed by atoms with Gasteiger partial charge in [0.2, 0.25) is 0 Å². The van der Waals surface area contributed by atoms with Crippen LogP contribution in [0.5, 0.6) is 0 Å². The third-order valence-corrected chi connectivity index (χ3v) is 3.76. The van der Waals surface area contributed by atoms with Gasteiger partial charge in [0, 0.05) is 18.0 Å². The first kappa shape index (κ1) is 11.5. The van der Waals surface area contributed by atoms with Crippen molar-refractivity contribution in [2.45, 2.75) is 20.8 Å². The van der Waals surface area contributed by atoms with Crippen LogP contribution in [-0.2, 0) is 0 Å². The van der Waals surface area contributed by atoms with Crippen molar-refractivity contribution < 1.29 is 0 Å². The van der Waals surface area contributed by atoms with Gasteiger partial charge in [-0.2, -0.15) is 0 Å². The summed E-state index contributed by atoms with van der Waals surface area (Å²) in [6.07, 6.45) is 0. The molecule has 0 spiro atoms. The summed E-state index contributed by atoms with van der Waals surface area (Å²) in [4.78, 5) is 8.94. The molecule has 0 amide bonds. The van der Waals surface area contributed by atoms with Gasteiger partial charge in [-0.3, -0.25) is 9.98 Å². The fourth-order valence-corrected chi connectivity index (χ4v) is 2.46. The van der Waals surface area contributed by atoms with Gasteiger partial charge in [-0.25, -0.2) is 0 Å². The van der Waals surface area contributed by atoms with Gasteiger partial charge in [0.25, 0.3) is 0 Å². The number of aliphatic imine (C=N–C) groups is 1. The summed E-state index contributed by atoms with van der Waals surface area (Å²) in [5, 5.41) is 4.37. The molecule has 1 aromatic heterocycles. The normalized spacial score (nSPS) is 20.4. The first-order valence-electron chi connectivity index (χ1n) is 5.53. The molecule has 4 heteroatoms. The van der Waals surface area contributed by atoms with Crippen LogP contribution >= 0.6 is 11.8 Å². The summed E-state index contributed by atoms with van der Waals surface area (Å²) in [5.74, 6) is 1.83. The van der Waals surface area contributed by atoms with Crippen molar-refractivity contribution in [1.29, 1.82) is 0 Å². The molecule has 0 radical (unpaired) electrons. The molecule has 86 valence electrons. The van der Waals surface area contributed by atoms with E-state index in [1.54, 1.807) is 11.8 Å². The van der Waals surface area contributed by atoms with E-state index in [2.05, 4.69) is 28.3 Å². The first-order chi connectivity index (χ1) is 7.65. The van der Waals surface area contributed by atoms with Gasteiger partial charge in [-0.15, -0.1) is 0 Å². The number of pyridine rings is 1. The average molecular weight is 235 g/mol. The summed E-state index contributed by atoms with van der Waals surface area (Å²) in [6.45, 7) is 7.18. The molecular weight excluding hydrogens is 218 g/mol. The molecule has 0 aliphatic carbocycles. The van der Waals surface area contributed by atoms with E-state index >= 15 is 0 Å². The molecule has 1 aliphatic heterocycles. The highest BCUT2D eigenvalue weighted by molar-refractivity contribution is 8.14. The zero-order valence-electron chi connectivity index (χ0n) is 9.95. The molecule has 1 N–H and O–H groups in total. The Morgan fingerprint density at radius 2 is 2.19 bits per heavy atom. The second kappa shape index (κ2) is 4.87. The Labute approximate surface area is 101 Å². The van der Waals surface area contributed by atoms with E-state index in [1.807, 2.05) is 19.9 Å². The van der Waals surface area contributed by atoms with E-state index < -0.39 is 0 Å². The minimum Gasteiger partial charge on any atom is -0.334 e. The van der Waals surface area contributed by atoms with E-state index in [1.165, 1.54) is 0 Å². The van der Waals surface area contributed by atoms with E-state index in [0.29, 0.717) is 5.92 Å². The zero-order chi connectivity index (χ0) is 11.5. The SMILES string of the molecule is Cc1ccc(NC2=NCC(C)CS2)c(C)n1. The standard InChI is InChI=1S/C12H17N3S/c1-8-6-13-12(16-7-8)15-11-5-4-9(2)14-10(11)3/h4-5,8H,6-7H2,1-3H3,(H,13,15). The number of rotatable bonds is 1. The summed E-state index contributed by atoms with van der Waals surface area (Å²) < 4.78 is 0. The van der Waals surface area contributed by atoms with Crippen LogP contribution in [0, 0.1) is 19.8 Å². The molecule has 0 fully saturated rings. The molecule has 2 rings (SSSR count). The molecule has 0 aromatic carbocycles. The predicted octanol–water partition coefficient (Wildman–Crippen LogP) is 2.85. The largest absolute Gasteiger partial charge is 0.334 e. The molecule has 0 saturated carbocycles. The Morgan fingerprint density at radius 1 is 1.38 bits per heavy atom. The molecule has 1 aromatic rings. The van der Waals surface area contributed by atoms with Crippen molar-refractivity contribution in [3.63, 3.8) is 0 Å². The molecule has 3 nitrogen and oxygen atoms in total. The fraction of sp³-hybridized carbons (Fsp3) is 0.500. The van der Waals surface area contributed by atoms with Crippen LogP contribution in [-0.4, -0.2) is 22.4 Å². The summed E-state index contributed by atoms with van der Waals surface area (Å²) in [5.41, 5.74) is 3.14.